The number of hydrogen-bond donors (Lipinski definition) is 2. The number of aryl methyl sites for hydroxylation is 1. The highest BCUT2D eigenvalue weighted by atomic mass is 16.1. The lowest BCUT2D eigenvalue weighted by atomic mass is 10.1. The van der Waals surface area contributed by atoms with Crippen LogP contribution < -0.4 is 11.5 Å². The molecule has 0 aromatic carbocycles. The third kappa shape index (κ3) is 7.14. The van der Waals surface area contributed by atoms with Gasteiger partial charge in [0, 0.05) is 5.56 Å². The zero-order valence-corrected chi connectivity index (χ0v) is 14.7. The van der Waals surface area contributed by atoms with Gasteiger partial charge in [0.1, 0.15) is 17.5 Å². The zero-order chi connectivity index (χ0) is 17.6. The summed E-state index contributed by atoms with van der Waals surface area (Å²) in [7, 11) is 0. The van der Waals surface area contributed by atoms with Crippen molar-refractivity contribution in [3.8, 4) is 6.07 Å². The number of hydrogen-bond acceptors (Lipinski definition) is 5. The minimum absolute atomic E-state index is 0. The Kier molecular flexibility index (Phi) is 9.30. The highest BCUT2D eigenvalue weighted by molar-refractivity contribution is 5.80. The maximum atomic E-state index is 10.2. The van der Waals surface area contributed by atoms with E-state index in [-0.39, 0.29) is 13.2 Å². The molecule has 6 nitrogen and oxygen atoms in total. The molecule has 2 saturated carbocycles. The van der Waals surface area contributed by atoms with Crippen LogP contribution in [0.4, 0.5) is 5.82 Å². The van der Waals surface area contributed by atoms with E-state index in [1.807, 2.05) is 24.6 Å². The molecule has 2 fully saturated rings. The molecule has 1 heterocycles. The standard InChI is InChI=1S/C8H13N3.C5H7NO.C4H9N.CH4/c1-5-6(2)10-11(8(5)9)7-3-4-7;1-4(3-6)5(2)7;5-3-4-1-2-4;/h7H,3-4,9H2,1-2H3;4H,1-2H3;4H,1-3,5H2;1H4. The maximum Gasteiger partial charge on any atom is 0.146 e. The first-order valence-corrected chi connectivity index (χ1v) is 8.23. The first-order valence-electron chi connectivity index (χ1n) is 8.23. The molecule has 0 saturated heterocycles. The highest BCUT2D eigenvalue weighted by Gasteiger charge is 2.27. The number of Topliss-reactive ketones (excluding diaryl/α,β-unsaturated/α-hetero) is 1. The van der Waals surface area contributed by atoms with Gasteiger partial charge in [0.25, 0.3) is 0 Å². The van der Waals surface area contributed by atoms with Crippen molar-refractivity contribution in [2.45, 2.75) is 66.8 Å². The van der Waals surface area contributed by atoms with Crippen LogP contribution in [0.3, 0.4) is 0 Å². The predicted octanol–water partition coefficient (Wildman–Crippen LogP) is 3.14. The Bertz CT molecular complexity index is 565. The first-order chi connectivity index (χ1) is 10.8. The van der Waals surface area contributed by atoms with E-state index in [9.17, 15) is 4.79 Å². The molecular weight excluding hydrogens is 302 g/mol. The van der Waals surface area contributed by atoms with Crippen LogP contribution in [0.2, 0.25) is 0 Å². The van der Waals surface area contributed by atoms with E-state index in [1.165, 1.54) is 32.6 Å². The number of nitriles is 1. The summed E-state index contributed by atoms with van der Waals surface area (Å²) in [5.74, 6) is 1.27. The second-order valence-electron chi connectivity index (χ2n) is 6.41. The molecule has 2 aliphatic rings. The number of ketones is 1. The molecule has 0 amide bonds. The second kappa shape index (κ2) is 10.1. The van der Waals surface area contributed by atoms with Gasteiger partial charge < -0.3 is 11.5 Å². The lowest BCUT2D eigenvalue weighted by molar-refractivity contribution is -0.118. The summed E-state index contributed by atoms with van der Waals surface area (Å²) in [6.45, 7) is 7.94. The zero-order valence-electron chi connectivity index (χ0n) is 14.7. The van der Waals surface area contributed by atoms with Crippen LogP contribution in [0, 0.1) is 37.0 Å². The number of anilines is 1. The summed E-state index contributed by atoms with van der Waals surface area (Å²) < 4.78 is 1.96. The van der Waals surface area contributed by atoms with Crippen LogP contribution in [-0.2, 0) is 4.79 Å². The number of aromatic nitrogens is 2. The van der Waals surface area contributed by atoms with Crippen LogP contribution in [0.15, 0.2) is 0 Å². The van der Waals surface area contributed by atoms with Crippen LogP contribution in [0.1, 0.15) is 64.3 Å². The van der Waals surface area contributed by atoms with Gasteiger partial charge in [0.05, 0.1) is 17.8 Å². The minimum Gasteiger partial charge on any atom is -0.384 e. The van der Waals surface area contributed by atoms with Crippen LogP contribution in [-0.4, -0.2) is 22.1 Å². The Balaban J connectivity index is 0.000000354. The summed E-state index contributed by atoms with van der Waals surface area (Å²) in [4.78, 5) is 10.2. The van der Waals surface area contributed by atoms with Crippen molar-refractivity contribution in [3.63, 3.8) is 0 Å². The monoisotopic (exact) mass is 335 g/mol. The molecule has 6 heteroatoms. The number of carbonyl (C=O) groups excluding carboxylic acids is 1. The average Bonchev–Trinajstić information content (AvgIpc) is 3.42. The van der Waals surface area contributed by atoms with Gasteiger partial charge in [-0.3, -0.25) is 4.79 Å². The van der Waals surface area contributed by atoms with Gasteiger partial charge in [-0.05, 0) is 65.8 Å². The van der Waals surface area contributed by atoms with Gasteiger partial charge in [-0.25, -0.2) is 4.68 Å². The van der Waals surface area contributed by atoms with Gasteiger partial charge in [-0.15, -0.1) is 0 Å². The molecule has 24 heavy (non-hydrogen) atoms. The van der Waals surface area contributed by atoms with Crippen LogP contribution >= 0.6 is 0 Å². The number of nitrogens with zero attached hydrogens (tertiary/aromatic N) is 3. The quantitative estimate of drug-likeness (QED) is 0.881. The van der Waals surface area contributed by atoms with Crippen LogP contribution in [0.25, 0.3) is 0 Å². The number of rotatable bonds is 3. The van der Waals surface area contributed by atoms with E-state index in [4.69, 9.17) is 16.7 Å². The molecule has 1 aromatic rings. The Morgan fingerprint density at radius 1 is 1.38 bits per heavy atom. The molecule has 1 atom stereocenters. The molecule has 4 N–H and O–H groups in total. The van der Waals surface area contributed by atoms with E-state index in [1.54, 1.807) is 6.92 Å². The fraction of sp³-hybridized carbons (Fsp3) is 0.722. The van der Waals surface area contributed by atoms with Gasteiger partial charge in [-0.1, -0.05) is 7.43 Å². The maximum absolute atomic E-state index is 10.2. The Labute approximate surface area is 146 Å². The Hall–Kier alpha value is -1.87. The minimum atomic E-state index is -0.431. The molecule has 0 spiro atoms. The molecule has 0 aliphatic heterocycles. The SMILES string of the molecule is C.CC(=O)C(C)C#N.Cc1nn(C2CC2)c(N)c1C.NCC1CC1. The summed E-state index contributed by atoms with van der Waals surface area (Å²) in [6, 6.07) is 2.41. The largest absolute Gasteiger partial charge is 0.384 e. The lowest BCUT2D eigenvalue weighted by Gasteiger charge is -1.99. The molecule has 0 radical (unpaired) electrons. The summed E-state index contributed by atoms with van der Waals surface area (Å²) in [6.07, 6.45) is 5.25. The van der Waals surface area contributed by atoms with Crippen molar-refractivity contribution in [1.29, 1.82) is 5.26 Å². The number of carbonyl (C=O) groups is 1. The van der Waals surface area contributed by atoms with E-state index >= 15 is 0 Å². The number of nitrogens with two attached hydrogens (primary N) is 2. The normalized spacial score (nSPS) is 16.3. The van der Waals surface area contributed by atoms with Crippen molar-refractivity contribution in [1.82, 2.24) is 9.78 Å². The lowest BCUT2D eigenvalue weighted by Crippen LogP contribution is -2.02. The smallest absolute Gasteiger partial charge is 0.146 e. The Morgan fingerprint density at radius 2 is 1.92 bits per heavy atom. The van der Waals surface area contributed by atoms with E-state index < -0.39 is 5.92 Å². The van der Waals surface area contributed by atoms with E-state index in [0.717, 1.165) is 29.5 Å². The topological polar surface area (TPSA) is 111 Å². The van der Waals surface area contributed by atoms with Crippen molar-refractivity contribution >= 4 is 11.6 Å². The molecule has 3 rings (SSSR count). The Morgan fingerprint density at radius 3 is 2.08 bits per heavy atom. The predicted molar refractivity (Wildman–Crippen MR) is 98.4 cm³/mol. The van der Waals surface area contributed by atoms with Crippen molar-refractivity contribution in [2.24, 2.45) is 17.6 Å². The fourth-order valence-corrected chi connectivity index (χ4v) is 1.69. The molecule has 136 valence electrons. The van der Waals surface area contributed by atoms with Gasteiger partial charge in [0.2, 0.25) is 0 Å². The van der Waals surface area contributed by atoms with Crippen molar-refractivity contribution in [2.75, 3.05) is 12.3 Å². The molecule has 1 unspecified atom stereocenters. The van der Waals surface area contributed by atoms with Gasteiger partial charge in [-0.2, -0.15) is 10.4 Å². The van der Waals surface area contributed by atoms with E-state index in [2.05, 4.69) is 5.10 Å². The molecule has 1 aromatic heterocycles. The third-order valence-electron chi connectivity index (χ3n) is 4.16. The highest BCUT2D eigenvalue weighted by Crippen LogP contribution is 2.37. The van der Waals surface area contributed by atoms with Crippen LogP contribution in [0.5, 0.6) is 0 Å². The van der Waals surface area contributed by atoms with E-state index in [0.29, 0.717) is 6.04 Å². The first kappa shape index (κ1) is 22.1. The van der Waals surface area contributed by atoms with Crippen molar-refractivity contribution < 1.29 is 4.79 Å². The summed E-state index contributed by atoms with van der Waals surface area (Å²) in [5, 5.41) is 12.4. The average molecular weight is 335 g/mol. The molecule has 0 bridgehead atoms. The number of nitrogen functional groups attached to an aromatic ring is 1. The van der Waals surface area contributed by atoms with Crippen molar-refractivity contribution in [3.05, 3.63) is 11.3 Å². The molecular formula is C18H33N5O. The molecule has 2 aliphatic carbocycles. The second-order valence-corrected chi connectivity index (χ2v) is 6.41. The summed E-state index contributed by atoms with van der Waals surface area (Å²) >= 11 is 0. The van der Waals surface area contributed by atoms with Gasteiger partial charge >= 0.3 is 0 Å². The summed E-state index contributed by atoms with van der Waals surface area (Å²) in [5.41, 5.74) is 13.3. The third-order valence-corrected chi connectivity index (χ3v) is 4.16. The van der Waals surface area contributed by atoms with Gasteiger partial charge in [0.15, 0.2) is 0 Å². The fourth-order valence-electron chi connectivity index (χ4n) is 1.69.